The van der Waals surface area contributed by atoms with Gasteiger partial charge in [0.05, 0.1) is 10.5 Å². The Morgan fingerprint density at radius 1 is 0.966 bits per heavy atom. The van der Waals surface area contributed by atoms with Crippen LogP contribution in [0.4, 0.5) is 8.78 Å². The number of sulfonamides is 1. The first-order valence-electron chi connectivity index (χ1n) is 9.07. The highest BCUT2D eigenvalue weighted by Gasteiger charge is 2.31. The number of piperazine rings is 1. The average molecular weight is 419 g/mol. The fourth-order valence-electron chi connectivity index (χ4n) is 3.60. The fraction of sp³-hybridized carbons (Fsp3) is 0.250. The zero-order valence-corrected chi connectivity index (χ0v) is 16.5. The summed E-state index contributed by atoms with van der Waals surface area (Å²) in [5, 5.41) is 0.844. The molecule has 3 aromatic rings. The molecular formula is C20H19F2N3O3S. The second-order valence-electron chi connectivity index (χ2n) is 6.94. The van der Waals surface area contributed by atoms with E-state index < -0.39 is 21.7 Å². The summed E-state index contributed by atoms with van der Waals surface area (Å²) >= 11 is 0. The van der Waals surface area contributed by atoms with Crippen molar-refractivity contribution in [1.29, 1.82) is 0 Å². The highest BCUT2D eigenvalue weighted by atomic mass is 32.2. The largest absolute Gasteiger partial charge is 0.350 e. The molecular weight excluding hydrogens is 400 g/mol. The van der Waals surface area contributed by atoms with Crippen molar-refractivity contribution in [2.75, 3.05) is 26.2 Å². The van der Waals surface area contributed by atoms with E-state index in [9.17, 15) is 22.0 Å². The van der Waals surface area contributed by atoms with Crippen LogP contribution in [0.1, 0.15) is 10.4 Å². The predicted octanol–water partition coefficient (Wildman–Crippen LogP) is 2.60. The molecule has 2 aromatic carbocycles. The third-order valence-corrected chi connectivity index (χ3v) is 7.08. The van der Waals surface area contributed by atoms with Crippen molar-refractivity contribution in [3.05, 3.63) is 65.9 Å². The minimum Gasteiger partial charge on any atom is -0.350 e. The maximum Gasteiger partial charge on any atom is 0.256 e. The van der Waals surface area contributed by atoms with Gasteiger partial charge in [-0.3, -0.25) is 4.79 Å². The maximum absolute atomic E-state index is 13.4. The molecule has 1 fully saturated rings. The molecule has 6 nitrogen and oxygen atoms in total. The topological polar surface area (TPSA) is 62.6 Å². The molecule has 0 N–H and O–H groups in total. The number of fused-ring (bicyclic) bond motifs is 1. The molecule has 0 aliphatic carbocycles. The molecule has 9 heteroatoms. The van der Waals surface area contributed by atoms with Crippen LogP contribution in [0.2, 0.25) is 0 Å². The second kappa shape index (κ2) is 7.23. The molecule has 2 heterocycles. The van der Waals surface area contributed by atoms with Crippen LogP contribution in [-0.2, 0) is 17.1 Å². The molecule has 1 aliphatic heterocycles. The van der Waals surface area contributed by atoms with Gasteiger partial charge in [-0.1, -0.05) is 18.2 Å². The van der Waals surface area contributed by atoms with E-state index in [2.05, 4.69) is 0 Å². The molecule has 0 unspecified atom stereocenters. The molecule has 29 heavy (non-hydrogen) atoms. The van der Waals surface area contributed by atoms with Crippen LogP contribution in [-0.4, -0.2) is 54.3 Å². The Kier molecular flexibility index (Phi) is 4.87. The summed E-state index contributed by atoms with van der Waals surface area (Å²) < 4.78 is 55.0. The van der Waals surface area contributed by atoms with Crippen molar-refractivity contribution in [3.63, 3.8) is 0 Å². The van der Waals surface area contributed by atoms with Gasteiger partial charge in [0.25, 0.3) is 5.91 Å². The number of nitrogens with zero attached hydrogens (tertiary/aromatic N) is 3. The number of hydrogen-bond acceptors (Lipinski definition) is 3. The van der Waals surface area contributed by atoms with Gasteiger partial charge in [-0.05, 0) is 24.3 Å². The van der Waals surface area contributed by atoms with Gasteiger partial charge in [-0.2, -0.15) is 4.31 Å². The van der Waals surface area contributed by atoms with Gasteiger partial charge in [0.2, 0.25) is 10.0 Å². The Morgan fingerprint density at radius 3 is 2.34 bits per heavy atom. The number of rotatable bonds is 3. The first-order chi connectivity index (χ1) is 13.8. The standard InChI is InChI=1S/C20H19F2N3O3S/c1-23-13-16(15-4-2-3-5-19(15)23)20(26)24-8-10-25(11-9-24)29(27,28)14-6-7-17(21)18(22)12-14/h2-7,12-13H,8-11H2,1H3. The van der Waals surface area contributed by atoms with E-state index in [0.29, 0.717) is 11.6 Å². The Bertz CT molecular complexity index is 1200. The summed E-state index contributed by atoms with van der Waals surface area (Å²) in [5.41, 5.74) is 1.51. The van der Waals surface area contributed by atoms with Crippen LogP contribution in [0.5, 0.6) is 0 Å². The van der Waals surface area contributed by atoms with Crippen LogP contribution in [0.15, 0.2) is 53.6 Å². The Labute approximate surface area is 167 Å². The minimum absolute atomic E-state index is 0.0812. The second-order valence-corrected chi connectivity index (χ2v) is 8.88. The summed E-state index contributed by atoms with van der Waals surface area (Å²) in [6, 6.07) is 10.1. The van der Waals surface area contributed by atoms with Gasteiger partial charge >= 0.3 is 0 Å². The van der Waals surface area contributed by atoms with E-state index in [4.69, 9.17) is 0 Å². The van der Waals surface area contributed by atoms with Crippen molar-refractivity contribution >= 4 is 26.8 Å². The Hall–Kier alpha value is -2.78. The molecule has 1 amide bonds. The lowest BCUT2D eigenvalue weighted by atomic mass is 10.1. The SMILES string of the molecule is Cn1cc(C(=O)N2CCN(S(=O)(=O)c3ccc(F)c(F)c3)CC2)c2ccccc21. The lowest BCUT2D eigenvalue weighted by molar-refractivity contribution is 0.0699. The molecule has 0 atom stereocenters. The quantitative estimate of drug-likeness (QED) is 0.656. The van der Waals surface area contributed by atoms with Crippen LogP contribution in [0, 0.1) is 11.6 Å². The van der Waals surface area contributed by atoms with Crippen LogP contribution < -0.4 is 0 Å². The number of carbonyl (C=O) groups excluding carboxylic acids is 1. The van der Waals surface area contributed by atoms with Gasteiger partial charge in [0.1, 0.15) is 0 Å². The number of para-hydroxylation sites is 1. The number of carbonyl (C=O) groups is 1. The Morgan fingerprint density at radius 2 is 1.66 bits per heavy atom. The minimum atomic E-state index is -3.96. The molecule has 1 saturated heterocycles. The van der Waals surface area contributed by atoms with E-state index in [0.717, 1.165) is 23.0 Å². The molecule has 0 spiro atoms. The predicted molar refractivity (Wildman–Crippen MR) is 104 cm³/mol. The molecule has 0 bridgehead atoms. The van der Waals surface area contributed by atoms with Gasteiger partial charge in [-0.15, -0.1) is 0 Å². The lowest BCUT2D eigenvalue weighted by Crippen LogP contribution is -2.50. The first-order valence-corrected chi connectivity index (χ1v) is 10.5. The highest BCUT2D eigenvalue weighted by molar-refractivity contribution is 7.89. The average Bonchev–Trinajstić information content (AvgIpc) is 3.06. The van der Waals surface area contributed by atoms with Gasteiger partial charge in [-0.25, -0.2) is 17.2 Å². The van der Waals surface area contributed by atoms with Gasteiger partial charge in [0, 0.05) is 50.3 Å². The number of aryl methyl sites for hydroxylation is 1. The van der Waals surface area contributed by atoms with E-state index in [1.54, 1.807) is 11.1 Å². The summed E-state index contributed by atoms with van der Waals surface area (Å²) in [5.74, 6) is -2.48. The fourth-order valence-corrected chi connectivity index (χ4v) is 5.03. The summed E-state index contributed by atoms with van der Waals surface area (Å²) in [4.78, 5) is 14.3. The third kappa shape index (κ3) is 3.40. The normalized spacial score (nSPS) is 15.8. The first kappa shape index (κ1) is 19.5. The number of amides is 1. The van der Waals surface area contributed by atoms with Crippen molar-refractivity contribution in [1.82, 2.24) is 13.8 Å². The molecule has 4 rings (SSSR count). The molecule has 1 aliphatic rings. The summed E-state index contributed by atoms with van der Waals surface area (Å²) in [6.07, 6.45) is 1.78. The van der Waals surface area contributed by atoms with Gasteiger partial charge in [0.15, 0.2) is 11.6 Å². The van der Waals surface area contributed by atoms with Crippen molar-refractivity contribution in [2.24, 2.45) is 7.05 Å². The van der Waals surface area contributed by atoms with Crippen molar-refractivity contribution in [3.8, 4) is 0 Å². The summed E-state index contributed by atoms with van der Waals surface area (Å²) in [7, 11) is -2.09. The zero-order valence-electron chi connectivity index (χ0n) is 15.7. The van der Waals surface area contributed by atoms with Crippen LogP contribution >= 0.6 is 0 Å². The van der Waals surface area contributed by atoms with E-state index >= 15 is 0 Å². The van der Waals surface area contributed by atoms with E-state index in [1.807, 2.05) is 35.9 Å². The van der Waals surface area contributed by atoms with E-state index in [-0.39, 0.29) is 37.0 Å². The maximum atomic E-state index is 13.4. The van der Waals surface area contributed by atoms with Crippen molar-refractivity contribution in [2.45, 2.75) is 4.90 Å². The van der Waals surface area contributed by atoms with E-state index in [1.165, 1.54) is 4.31 Å². The number of halogens is 2. The monoisotopic (exact) mass is 419 g/mol. The molecule has 152 valence electrons. The lowest BCUT2D eigenvalue weighted by Gasteiger charge is -2.34. The molecule has 1 aromatic heterocycles. The third-order valence-electron chi connectivity index (χ3n) is 5.18. The van der Waals surface area contributed by atoms with Crippen LogP contribution in [0.25, 0.3) is 10.9 Å². The zero-order chi connectivity index (χ0) is 20.8. The molecule has 0 radical (unpaired) electrons. The summed E-state index contributed by atoms with van der Waals surface area (Å²) in [6.45, 7) is 0.589. The smallest absolute Gasteiger partial charge is 0.256 e. The number of benzene rings is 2. The molecule has 0 saturated carbocycles. The highest BCUT2D eigenvalue weighted by Crippen LogP contribution is 2.24. The van der Waals surface area contributed by atoms with Crippen LogP contribution in [0.3, 0.4) is 0 Å². The van der Waals surface area contributed by atoms with Crippen molar-refractivity contribution < 1.29 is 22.0 Å². The number of hydrogen-bond donors (Lipinski definition) is 0. The Balaban J connectivity index is 1.51. The number of aromatic nitrogens is 1. The van der Waals surface area contributed by atoms with Gasteiger partial charge < -0.3 is 9.47 Å².